The highest BCUT2D eigenvalue weighted by molar-refractivity contribution is 5.78. The van der Waals surface area contributed by atoms with Crippen molar-refractivity contribution in [2.45, 2.75) is 40.2 Å². The first-order chi connectivity index (χ1) is 14.8. The summed E-state index contributed by atoms with van der Waals surface area (Å²) < 4.78 is 0. The van der Waals surface area contributed by atoms with Crippen LogP contribution < -0.4 is 10.2 Å². The van der Waals surface area contributed by atoms with Crippen LogP contribution in [0.2, 0.25) is 0 Å². The molecule has 5 heteroatoms. The zero-order valence-corrected chi connectivity index (χ0v) is 19.3. The molecule has 1 amide bonds. The fourth-order valence-electron chi connectivity index (χ4n) is 4.26. The Morgan fingerprint density at radius 2 is 1.55 bits per heavy atom. The minimum absolute atomic E-state index is 0.160. The van der Waals surface area contributed by atoms with E-state index in [2.05, 4.69) is 62.2 Å². The number of hydrogen-bond acceptors (Lipinski definition) is 4. The van der Waals surface area contributed by atoms with Gasteiger partial charge in [-0.3, -0.25) is 4.79 Å². The summed E-state index contributed by atoms with van der Waals surface area (Å²) in [5.41, 5.74) is 3.69. The van der Waals surface area contributed by atoms with Crippen LogP contribution in [0.25, 0.3) is 0 Å². The monoisotopic (exact) mass is 423 g/mol. The maximum Gasteiger partial charge on any atom is 0.236 e. The van der Waals surface area contributed by atoms with Crippen LogP contribution in [0.4, 0.5) is 5.69 Å². The van der Waals surface area contributed by atoms with E-state index in [1.165, 1.54) is 11.1 Å². The van der Waals surface area contributed by atoms with Crippen LogP contribution in [0.15, 0.2) is 48.5 Å². The lowest BCUT2D eigenvalue weighted by Crippen LogP contribution is -2.51. The number of nitrogens with one attached hydrogen (secondary N) is 1. The van der Waals surface area contributed by atoms with Crippen molar-refractivity contribution in [2.24, 2.45) is 11.8 Å². The number of carbonyl (C=O) groups excluding carboxylic acids is 1. The third-order valence-electron chi connectivity index (χ3n) is 5.97. The molecule has 2 aromatic rings. The lowest BCUT2D eigenvalue weighted by molar-refractivity contribution is -0.130. The summed E-state index contributed by atoms with van der Waals surface area (Å²) in [6, 6.07) is 16.3. The van der Waals surface area contributed by atoms with Gasteiger partial charge in [0.1, 0.15) is 5.75 Å². The van der Waals surface area contributed by atoms with Gasteiger partial charge in [-0.2, -0.15) is 0 Å². The van der Waals surface area contributed by atoms with Gasteiger partial charge in [0, 0.05) is 37.9 Å². The molecule has 0 aliphatic carbocycles. The minimum atomic E-state index is 0.160. The standard InChI is InChI=1S/C26H37N3O2/c1-19(2)17-21-5-7-22(8-6-21)26(20(3)4)27-18-25(31)29-15-13-28(14-16-29)23-9-11-24(30)12-10-23/h5-12,19-20,26-27,30H,13-18H2,1-4H3/t26-/m1/s1. The van der Waals surface area contributed by atoms with Crippen LogP contribution >= 0.6 is 0 Å². The number of anilines is 1. The van der Waals surface area contributed by atoms with Crippen molar-refractivity contribution < 1.29 is 9.90 Å². The molecule has 31 heavy (non-hydrogen) atoms. The Kier molecular flexibility index (Phi) is 7.97. The lowest BCUT2D eigenvalue weighted by Gasteiger charge is -2.36. The summed E-state index contributed by atoms with van der Waals surface area (Å²) in [4.78, 5) is 17.0. The van der Waals surface area contributed by atoms with E-state index in [-0.39, 0.29) is 17.7 Å². The molecule has 1 heterocycles. The number of carbonyl (C=O) groups is 1. The van der Waals surface area contributed by atoms with Crippen LogP contribution in [0.3, 0.4) is 0 Å². The van der Waals surface area contributed by atoms with Gasteiger partial charge < -0.3 is 20.2 Å². The van der Waals surface area contributed by atoms with Crippen LogP contribution in [-0.2, 0) is 11.2 Å². The minimum Gasteiger partial charge on any atom is -0.508 e. The molecule has 3 rings (SSSR count). The Balaban J connectivity index is 1.52. The third-order valence-corrected chi connectivity index (χ3v) is 5.97. The summed E-state index contributed by atoms with van der Waals surface area (Å²) in [5.74, 6) is 1.48. The van der Waals surface area contributed by atoms with E-state index in [4.69, 9.17) is 0 Å². The maximum absolute atomic E-state index is 12.8. The largest absolute Gasteiger partial charge is 0.508 e. The van der Waals surface area contributed by atoms with Crippen molar-refractivity contribution in [2.75, 3.05) is 37.6 Å². The van der Waals surface area contributed by atoms with E-state index in [1.807, 2.05) is 17.0 Å². The van der Waals surface area contributed by atoms with Crippen LogP contribution in [-0.4, -0.2) is 48.6 Å². The predicted octanol–water partition coefficient (Wildman–Crippen LogP) is 4.23. The molecule has 0 unspecified atom stereocenters. The number of benzene rings is 2. The molecular formula is C26H37N3O2. The second-order valence-electron chi connectivity index (χ2n) is 9.33. The zero-order valence-electron chi connectivity index (χ0n) is 19.3. The first kappa shape index (κ1) is 23.1. The SMILES string of the molecule is CC(C)Cc1ccc([C@H](NCC(=O)N2CCN(c3ccc(O)cc3)CC2)C(C)C)cc1. The number of rotatable bonds is 8. The van der Waals surface area contributed by atoms with Crippen molar-refractivity contribution in [3.8, 4) is 5.75 Å². The maximum atomic E-state index is 12.8. The first-order valence-electron chi connectivity index (χ1n) is 11.5. The third kappa shape index (κ3) is 6.47. The van der Waals surface area contributed by atoms with Crippen molar-refractivity contribution in [1.82, 2.24) is 10.2 Å². The normalized spacial score (nSPS) is 15.5. The van der Waals surface area contributed by atoms with E-state index in [0.29, 0.717) is 18.4 Å². The molecule has 2 aromatic carbocycles. The number of phenols is 1. The summed E-state index contributed by atoms with van der Waals surface area (Å²) >= 11 is 0. The van der Waals surface area contributed by atoms with Crippen molar-refractivity contribution in [3.05, 3.63) is 59.7 Å². The van der Waals surface area contributed by atoms with E-state index in [0.717, 1.165) is 38.3 Å². The molecule has 0 saturated carbocycles. The molecule has 0 bridgehead atoms. The van der Waals surface area contributed by atoms with E-state index in [9.17, 15) is 9.90 Å². The zero-order chi connectivity index (χ0) is 22.4. The first-order valence-corrected chi connectivity index (χ1v) is 11.5. The molecular weight excluding hydrogens is 386 g/mol. The molecule has 0 spiro atoms. The molecule has 2 N–H and O–H groups in total. The fourth-order valence-corrected chi connectivity index (χ4v) is 4.26. The number of piperazine rings is 1. The van der Waals surface area contributed by atoms with Gasteiger partial charge in [-0.1, -0.05) is 52.0 Å². The fraction of sp³-hybridized carbons (Fsp3) is 0.500. The summed E-state index contributed by atoms with van der Waals surface area (Å²) in [6.07, 6.45) is 1.09. The topological polar surface area (TPSA) is 55.8 Å². The lowest BCUT2D eigenvalue weighted by atomic mass is 9.93. The Labute approximate surface area is 187 Å². The van der Waals surface area contributed by atoms with Crippen molar-refractivity contribution in [1.29, 1.82) is 0 Å². The van der Waals surface area contributed by atoms with E-state index < -0.39 is 0 Å². The molecule has 168 valence electrons. The van der Waals surface area contributed by atoms with E-state index in [1.54, 1.807) is 12.1 Å². The predicted molar refractivity (Wildman–Crippen MR) is 127 cm³/mol. The Bertz CT molecular complexity index is 823. The quantitative estimate of drug-likeness (QED) is 0.667. The highest BCUT2D eigenvalue weighted by Gasteiger charge is 2.23. The van der Waals surface area contributed by atoms with Crippen LogP contribution in [0.5, 0.6) is 5.75 Å². The molecule has 1 aliphatic rings. The van der Waals surface area contributed by atoms with Gasteiger partial charge in [0.2, 0.25) is 5.91 Å². The Morgan fingerprint density at radius 3 is 2.10 bits per heavy atom. The average Bonchev–Trinajstić information content (AvgIpc) is 2.75. The van der Waals surface area contributed by atoms with Gasteiger partial charge in [-0.05, 0) is 53.6 Å². The van der Waals surface area contributed by atoms with Gasteiger partial charge in [0.05, 0.1) is 6.54 Å². The smallest absolute Gasteiger partial charge is 0.236 e. The summed E-state index contributed by atoms with van der Waals surface area (Å²) in [6.45, 7) is 12.3. The molecule has 1 aliphatic heterocycles. The second-order valence-corrected chi connectivity index (χ2v) is 9.33. The molecule has 1 atom stereocenters. The molecule has 1 saturated heterocycles. The van der Waals surface area contributed by atoms with Gasteiger partial charge in [0.25, 0.3) is 0 Å². The number of amides is 1. The molecule has 5 nitrogen and oxygen atoms in total. The molecule has 0 aromatic heterocycles. The van der Waals surface area contributed by atoms with Gasteiger partial charge in [-0.25, -0.2) is 0 Å². The molecule has 1 fully saturated rings. The van der Waals surface area contributed by atoms with Gasteiger partial charge in [-0.15, -0.1) is 0 Å². The van der Waals surface area contributed by atoms with Crippen LogP contribution in [0, 0.1) is 11.8 Å². The van der Waals surface area contributed by atoms with Crippen LogP contribution in [0.1, 0.15) is 44.9 Å². The van der Waals surface area contributed by atoms with Crippen molar-refractivity contribution in [3.63, 3.8) is 0 Å². The second kappa shape index (κ2) is 10.7. The van der Waals surface area contributed by atoms with Gasteiger partial charge in [0.15, 0.2) is 0 Å². The highest BCUT2D eigenvalue weighted by atomic mass is 16.3. The summed E-state index contributed by atoms with van der Waals surface area (Å²) in [7, 11) is 0. The van der Waals surface area contributed by atoms with Gasteiger partial charge >= 0.3 is 0 Å². The Hall–Kier alpha value is -2.53. The molecule has 0 radical (unpaired) electrons. The van der Waals surface area contributed by atoms with E-state index >= 15 is 0 Å². The van der Waals surface area contributed by atoms with Crippen molar-refractivity contribution >= 4 is 11.6 Å². The average molecular weight is 424 g/mol. The Morgan fingerprint density at radius 1 is 0.935 bits per heavy atom. The number of hydrogen-bond donors (Lipinski definition) is 2. The number of phenolic OH excluding ortho intramolecular Hbond substituents is 1. The summed E-state index contributed by atoms with van der Waals surface area (Å²) in [5, 5.41) is 13.0. The number of aromatic hydroxyl groups is 1. The highest BCUT2D eigenvalue weighted by Crippen LogP contribution is 2.23. The number of nitrogens with zero attached hydrogens (tertiary/aromatic N) is 2.